The summed E-state index contributed by atoms with van der Waals surface area (Å²) in [5, 5.41) is -0.396. The Hall–Kier alpha value is 1.34. The van der Waals surface area contributed by atoms with E-state index in [4.69, 9.17) is 28.4 Å². The maximum atomic E-state index is 11.0. The van der Waals surface area contributed by atoms with E-state index in [9.17, 15) is 4.79 Å². The highest BCUT2D eigenvalue weighted by Gasteiger charge is 2.50. The molecule has 14 heteroatoms. The molecule has 14 atom stereocenters. The van der Waals surface area contributed by atoms with Crippen molar-refractivity contribution in [1.29, 1.82) is 0 Å². The fourth-order valence-electron chi connectivity index (χ4n) is 5.74. The molecule has 1 aromatic carbocycles. The highest BCUT2D eigenvalue weighted by Crippen LogP contribution is 2.86. The minimum absolute atomic E-state index is 0.0219. The molecule has 3 aliphatic rings. The van der Waals surface area contributed by atoms with E-state index in [0.29, 0.717) is 47.7 Å². The van der Waals surface area contributed by atoms with Gasteiger partial charge in [-0.3, -0.25) is 0 Å². The van der Waals surface area contributed by atoms with Crippen LogP contribution in [-0.4, -0.2) is 48.0 Å². The molecule has 0 bridgehead atoms. The molecule has 3 aliphatic heterocycles. The molecule has 3 saturated heterocycles. The van der Waals surface area contributed by atoms with Gasteiger partial charge in [0, 0.05) is 39.4 Å². The van der Waals surface area contributed by atoms with Crippen LogP contribution in [0.5, 0.6) is 0 Å². The molecule has 0 saturated carbocycles. The molecule has 0 N–H and O–H groups in total. The average Bonchev–Trinajstić information content (AvgIpc) is 3.07. The zero-order valence-electron chi connectivity index (χ0n) is 32.6. The van der Waals surface area contributed by atoms with Crippen molar-refractivity contribution < 1.29 is 33.2 Å². The molecule has 0 aromatic heterocycles. The fraction of sp³-hybridized carbons (Fsp3) is 0.806. The Morgan fingerprint density at radius 1 is 0.620 bits per heavy atom. The normalized spacial score (nSPS) is 31.2. The van der Waals surface area contributed by atoms with Gasteiger partial charge in [0.1, 0.15) is 12.2 Å². The molecule has 7 nitrogen and oxygen atoms in total. The van der Waals surface area contributed by atoms with Crippen molar-refractivity contribution in [2.45, 2.75) is 151 Å². The molecule has 3 fully saturated rings. The topological polar surface area (TPSA) is 72.5 Å². The molecule has 0 aliphatic carbocycles. The van der Waals surface area contributed by atoms with Gasteiger partial charge in [-0.05, 0) is 35.5 Å². The number of carbonyl (C=O) groups excluding carboxylic acids is 1. The summed E-state index contributed by atoms with van der Waals surface area (Å²) in [6.45, 7) is 26.1. The first kappa shape index (κ1) is 47.5. The largest absolute Gasteiger partial charge is 0.508 e. The van der Waals surface area contributed by atoms with Crippen LogP contribution in [0, 0.1) is 35.5 Å². The summed E-state index contributed by atoms with van der Waals surface area (Å²) in [5.74, 6) is 2.87. The van der Waals surface area contributed by atoms with Crippen LogP contribution < -0.4 is 0 Å². The van der Waals surface area contributed by atoms with Crippen LogP contribution in [0.3, 0.4) is 0 Å². The zero-order valence-corrected chi connectivity index (χ0v) is 40.0. The van der Waals surface area contributed by atoms with Gasteiger partial charge in [0.2, 0.25) is 5.27 Å². The molecular formula is C36H69O7P7. The summed E-state index contributed by atoms with van der Waals surface area (Å²) in [6.07, 6.45) is 3.35. The monoisotopic (exact) mass is 830 g/mol. The summed E-state index contributed by atoms with van der Waals surface area (Å²) >= 11 is 0. The Kier molecular flexibility index (Phi) is 21.6. The number of ether oxygens (including phenoxy) is 6. The number of hydrogen-bond donors (Lipinski definition) is 0. The van der Waals surface area contributed by atoms with Gasteiger partial charge >= 0.3 is 6.16 Å². The molecule has 3 heterocycles. The lowest BCUT2D eigenvalue weighted by Gasteiger charge is -2.51. The minimum atomic E-state index is -0.511. The zero-order chi connectivity index (χ0) is 37.9. The second-order valence-corrected chi connectivity index (χ2v) is 31.7. The summed E-state index contributed by atoms with van der Waals surface area (Å²) in [5.41, 5.74) is 1.12. The number of benzene rings is 1. The molecule has 4 rings (SSSR count). The summed E-state index contributed by atoms with van der Waals surface area (Å²) in [7, 11) is 11.7. The van der Waals surface area contributed by atoms with Crippen molar-refractivity contribution in [2.75, 3.05) is 0 Å². The molecule has 0 amide bonds. The second-order valence-electron chi connectivity index (χ2n) is 15.6. The van der Waals surface area contributed by atoms with Crippen LogP contribution in [0.1, 0.15) is 114 Å². The first-order valence-corrected chi connectivity index (χ1v) is 29.4. The van der Waals surface area contributed by atoms with E-state index in [1.165, 1.54) is 0 Å². The smallest absolute Gasteiger partial charge is 0.431 e. The standard InChI is InChI=1S/C16H24O2.C10H18O3.C10H27O2P7/c1-11(2)14-10-15(12(3)4)18-16(17-14)13-8-6-5-7-9-13;1-6(2)8-5-9(7(3)4)13-10(11)12-8;1-6(2)8-5-9(7(3)4)12-10(11-8,18(14)15)19(16)17-13/h5-9,11-12,14-16H,10H2,1-4H3;6-9H,5H2,1-4H3;6-9,17H,5,13-16H2,1-4H3/t14-,15+,16?;8-,9+;8-,9+,10?,19?. The summed E-state index contributed by atoms with van der Waals surface area (Å²) < 4.78 is 35.3. The van der Waals surface area contributed by atoms with Crippen LogP contribution in [-0.2, 0) is 28.4 Å². The molecule has 8 unspecified atom stereocenters. The van der Waals surface area contributed by atoms with Gasteiger partial charge in [-0.25, -0.2) is 4.79 Å². The van der Waals surface area contributed by atoms with Crippen LogP contribution >= 0.6 is 58.3 Å². The predicted molar refractivity (Wildman–Crippen MR) is 230 cm³/mol. The molecule has 50 heavy (non-hydrogen) atoms. The quantitative estimate of drug-likeness (QED) is 0.172. The predicted octanol–water partition coefficient (Wildman–Crippen LogP) is 12.6. The van der Waals surface area contributed by atoms with E-state index in [-0.39, 0.29) is 38.0 Å². The van der Waals surface area contributed by atoms with E-state index in [2.05, 4.69) is 131 Å². The average molecular weight is 831 g/mol. The van der Waals surface area contributed by atoms with Gasteiger partial charge in [0.25, 0.3) is 0 Å². The van der Waals surface area contributed by atoms with Crippen LogP contribution in [0.25, 0.3) is 0 Å². The maximum absolute atomic E-state index is 11.0. The van der Waals surface area contributed by atoms with Crippen LogP contribution in [0.4, 0.5) is 4.79 Å². The number of cyclic esters (lactones) is 2. The van der Waals surface area contributed by atoms with Gasteiger partial charge in [-0.2, -0.15) is 0 Å². The molecule has 290 valence electrons. The lowest BCUT2D eigenvalue weighted by molar-refractivity contribution is -0.264. The third-order valence-electron chi connectivity index (χ3n) is 9.40. The molecule has 1 aromatic rings. The van der Waals surface area contributed by atoms with E-state index in [1.54, 1.807) is 0 Å². The SMILES string of the molecule is CC(C)[C@@H]1C[C@H](C(C)C)OC(=O)O1.CC(C)[C@@H]1C[C@H](C(C)C)OC(P(P)P)(P(P)PP)O1.CC(C)[C@@H]1C[C@H](C(C)C)OC(c2ccccc2)O1. The van der Waals surface area contributed by atoms with Crippen molar-refractivity contribution in [1.82, 2.24) is 0 Å². The van der Waals surface area contributed by atoms with Gasteiger partial charge in [-0.15, -0.1) is 35.7 Å². The maximum Gasteiger partial charge on any atom is 0.508 e. The van der Waals surface area contributed by atoms with Gasteiger partial charge in [0.05, 0.1) is 24.4 Å². The first-order chi connectivity index (χ1) is 23.3. The summed E-state index contributed by atoms with van der Waals surface area (Å²) in [6, 6.07) is 10.2. The molecule has 0 radical (unpaired) electrons. The van der Waals surface area contributed by atoms with E-state index < -0.39 is 18.7 Å². The van der Waals surface area contributed by atoms with Gasteiger partial charge in [0.15, 0.2) is 6.29 Å². The van der Waals surface area contributed by atoms with Crippen LogP contribution in [0.2, 0.25) is 0 Å². The van der Waals surface area contributed by atoms with Gasteiger partial charge in [-0.1, -0.05) is 121 Å². The molecule has 0 spiro atoms. The number of rotatable bonds is 10. The fourth-order valence-corrected chi connectivity index (χ4v) is 21.8. The van der Waals surface area contributed by atoms with E-state index in [1.807, 2.05) is 18.2 Å². The Labute approximate surface area is 318 Å². The first-order valence-electron chi connectivity index (χ1n) is 18.2. The van der Waals surface area contributed by atoms with Gasteiger partial charge < -0.3 is 28.4 Å². The highest BCUT2D eigenvalue weighted by atomic mass is 32.6. The van der Waals surface area contributed by atoms with Crippen molar-refractivity contribution >= 4 is 64.4 Å². The van der Waals surface area contributed by atoms with E-state index >= 15 is 0 Å². The summed E-state index contributed by atoms with van der Waals surface area (Å²) in [4.78, 5) is 11.0. The highest BCUT2D eigenvalue weighted by molar-refractivity contribution is 8.64. The van der Waals surface area contributed by atoms with Crippen molar-refractivity contribution in [3.8, 4) is 0 Å². The lowest BCUT2D eigenvalue weighted by Crippen LogP contribution is -2.47. The Morgan fingerprint density at radius 2 is 0.980 bits per heavy atom. The number of carbonyl (C=O) groups is 1. The van der Waals surface area contributed by atoms with Crippen LogP contribution in [0.15, 0.2) is 30.3 Å². The Balaban J connectivity index is 0.000000265. The Bertz CT molecular complexity index is 1060. The second kappa shape index (κ2) is 22.8. The van der Waals surface area contributed by atoms with E-state index in [0.717, 1.165) is 32.8 Å². The third kappa shape index (κ3) is 14.4. The van der Waals surface area contributed by atoms with Crippen molar-refractivity contribution in [3.63, 3.8) is 0 Å². The lowest BCUT2D eigenvalue weighted by atomic mass is 9.93. The minimum Gasteiger partial charge on any atom is -0.431 e. The third-order valence-corrected chi connectivity index (χ3v) is 26.5. The molecular weight excluding hydrogens is 761 g/mol. The Morgan fingerprint density at radius 3 is 1.32 bits per heavy atom. The van der Waals surface area contributed by atoms with Crippen molar-refractivity contribution in [2.24, 2.45) is 35.5 Å². The van der Waals surface area contributed by atoms with Crippen molar-refractivity contribution in [3.05, 3.63) is 35.9 Å². The number of hydrogen-bond acceptors (Lipinski definition) is 7.